The number of nitro groups is 1. The molecule has 1 N–H and O–H groups in total. The smallest absolute Gasteiger partial charge is 0.286 e. The molecule has 0 bridgehead atoms. The molecule has 0 aromatic heterocycles. The molecule has 7 heteroatoms. The Morgan fingerprint density at radius 1 is 0.857 bits per heavy atom. The zero-order valence-electron chi connectivity index (χ0n) is 14.2. The molecule has 0 aliphatic rings. The molecule has 0 saturated carbocycles. The summed E-state index contributed by atoms with van der Waals surface area (Å²) in [5.41, 5.74) is -1.09. The summed E-state index contributed by atoms with van der Waals surface area (Å²) in [7, 11) is 0. The second-order valence-electron chi connectivity index (χ2n) is 5.87. The topological polar surface area (TPSA) is 63.4 Å². The lowest BCUT2D eigenvalue weighted by Gasteiger charge is -2.23. The minimum atomic E-state index is -1.76. The predicted molar refractivity (Wildman–Crippen MR) is 111 cm³/mol. The van der Waals surface area contributed by atoms with E-state index in [1.54, 1.807) is 48.5 Å². The van der Waals surface area contributed by atoms with Crippen LogP contribution in [0.25, 0.3) is 0 Å². The van der Waals surface area contributed by atoms with Crippen molar-refractivity contribution in [3.05, 3.63) is 109 Å². The third kappa shape index (κ3) is 4.14. The number of benzene rings is 3. The van der Waals surface area contributed by atoms with Crippen LogP contribution >= 0.6 is 34.8 Å². The molecule has 0 amide bonds. The van der Waals surface area contributed by atoms with Crippen LogP contribution in [0.15, 0.2) is 66.7 Å². The molecule has 3 aromatic rings. The molecule has 140 valence electrons. The van der Waals surface area contributed by atoms with Crippen LogP contribution in [-0.2, 0) is 5.60 Å². The van der Waals surface area contributed by atoms with Crippen LogP contribution in [0.5, 0.6) is 0 Å². The van der Waals surface area contributed by atoms with Gasteiger partial charge in [0, 0.05) is 27.2 Å². The summed E-state index contributed by atoms with van der Waals surface area (Å²) >= 11 is 18.0. The average Bonchev–Trinajstić information content (AvgIpc) is 2.67. The van der Waals surface area contributed by atoms with Gasteiger partial charge in [-0.05, 0) is 30.3 Å². The van der Waals surface area contributed by atoms with Crippen LogP contribution in [0.1, 0.15) is 16.7 Å². The van der Waals surface area contributed by atoms with Crippen LogP contribution in [0.4, 0.5) is 5.69 Å². The van der Waals surface area contributed by atoms with Gasteiger partial charge in [-0.1, -0.05) is 77.0 Å². The van der Waals surface area contributed by atoms with Gasteiger partial charge in [0.1, 0.15) is 5.56 Å². The van der Waals surface area contributed by atoms with Crippen LogP contribution in [-0.4, -0.2) is 10.0 Å². The maximum Gasteiger partial charge on any atom is 0.286 e. The van der Waals surface area contributed by atoms with Crippen LogP contribution in [0.3, 0.4) is 0 Å². The highest BCUT2D eigenvalue weighted by atomic mass is 35.5. The normalized spacial score (nSPS) is 10.9. The molecule has 0 spiro atoms. The first-order valence-electron chi connectivity index (χ1n) is 8.02. The van der Waals surface area contributed by atoms with E-state index in [0.29, 0.717) is 21.2 Å². The summed E-state index contributed by atoms with van der Waals surface area (Å²) in [5.74, 6) is 5.44. The molecule has 0 aliphatic heterocycles. The zero-order valence-corrected chi connectivity index (χ0v) is 16.5. The molecular weight excluding hydrogens is 421 g/mol. The van der Waals surface area contributed by atoms with E-state index in [-0.39, 0.29) is 16.3 Å². The summed E-state index contributed by atoms with van der Waals surface area (Å²) in [6.45, 7) is 0. The van der Waals surface area contributed by atoms with Gasteiger partial charge in [-0.3, -0.25) is 10.1 Å². The van der Waals surface area contributed by atoms with E-state index in [1.807, 2.05) is 0 Å². The Morgan fingerprint density at radius 3 is 1.82 bits per heavy atom. The van der Waals surface area contributed by atoms with Crippen molar-refractivity contribution in [3.8, 4) is 11.8 Å². The SMILES string of the molecule is O=[N+]([O-])c1cccc(Cl)c1C#CC(O)(c1ccc(Cl)cc1)c1ccc(Cl)cc1. The number of nitro benzene ring substituents is 1. The third-order valence-corrected chi connectivity index (χ3v) is 4.90. The first-order chi connectivity index (χ1) is 13.3. The van der Waals surface area contributed by atoms with E-state index < -0.39 is 10.5 Å². The number of nitrogens with zero attached hydrogens (tertiary/aromatic N) is 1. The number of hydrogen-bond donors (Lipinski definition) is 1. The molecule has 0 saturated heterocycles. The van der Waals surface area contributed by atoms with Crippen molar-refractivity contribution in [2.24, 2.45) is 0 Å². The van der Waals surface area contributed by atoms with Crippen molar-refractivity contribution >= 4 is 40.5 Å². The van der Waals surface area contributed by atoms with Gasteiger partial charge < -0.3 is 5.11 Å². The number of hydrogen-bond acceptors (Lipinski definition) is 3. The van der Waals surface area contributed by atoms with Crippen LogP contribution < -0.4 is 0 Å². The maximum absolute atomic E-state index is 11.4. The van der Waals surface area contributed by atoms with Crippen molar-refractivity contribution in [3.63, 3.8) is 0 Å². The van der Waals surface area contributed by atoms with Crippen LogP contribution in [0.2, 0.25) is 15.1 Å². The summed E-state index contributed by atoms with van der Waals surface area (Å²) < 4.78 is 0. The highest BCUT2D eigenvalue weighted by molar-refractivity contribution is 6.32. The second kappa shape index (κ2) is 8.22. The Bertz CT molecular complexity index is 1040. The van der Waals surface area contributed by atoms with Crippen molar-refractivity contribution < 1.29 is 10.0 Å². The zero-order chi connectivity index (χ0) is 20.3. The summed E-state index contributed by atoms with van der Waals surface area (Å²) in [4.78, 5) is 10.7. The van der Waals surface area contributed by atoms with Crippen molar-refractivity contribution in [2.75, 3.05) is 0 Å². The lowest BCUT2D eigenvalue weighted by molar-refractivity contribution is -0.385. The summed E-state index contributed by atoms with van der Waals surface area (Å²) in [6.07, 6.45) is 0. The van der Waals surface area contributed by atoms with E-state index in [1.165, 1.54) is 18.2 Å². The molecule has 3 aromatic carbocycles. The molecule has 0 atom stereocenters. The summed E-state index contributed by atoms with van der Waals surface area (Å²) in [5, 5.41) is 23.9. The monoisotopic (exact) mass is 431 g/mol. The van der Waals surface area contributed by atoms with E-state index >= 15 is 0 Å². The highest BCUT2D eigenvalue weighted by Crippen LogP contribution is 2.32. The molecule has 3 rings (SSSR count). The minimum Gasteiger partial charge on any atom is -0.369 e. The van der Waals surface area contributed by atoms with E-state index in [0.717, 1.165) is 0 Å². The summed E-state index contributed by atoms with van der Waals surface area (Å²) in [6, 6.07) is 17.3. The quantitative estimate of drug-likeness (QED) is 0.321. The van der Waals surface area contributed by atoms with Crippen LogP contribution in [0, 0.1) is 22.0 Å². The van der Waals surface area contributed by atoms with Gasteiger partial charge in [0.2, 0.25) is 0 Å². The third-order valence-electron chi connectivity index (χ3n) is 4.08. The lowest BCUT2D eigenvalue weighted by Crippen LogP contribution is -2.25. The van der Waals surface area contributed by atoms with Gasteiger partial charge in [0.05, 0.1) is 9.95 Å². The standard InChI is InChI=1S/C21H12Cl3NO3/c22-16-8-4-14(5-9-16)21(26,15-6-10-17(23)11-7-15)13-12-18-19(24)2-1-3-20(18)25(27)28/h1-11,26H. The second-order valence-corrected chi connectivity index (χ2v) is 7.15. The Hall–Kier alpha value is -2.55. The van der Waals surface area contributed by atoms with E-state index in [2.05, 4.69) is 11.8 Å². The number of halogens is 3. The minimum absolute atomic E-state index is 0.0236. The molecule has 0 fully saturated rings. The molecule has 0 unspecified atom stereocenters. The Kier molecular flexibility index (Phi) is 5.93. The molecule has 0 aliphatic carbocycles. The van der Waals surface area contributed by atoms with Crippen molar-refractivity contribution in [1.29, 1.82) is 0 Å². The Balaban J connectivity index is 2.21. The van der Waals surface area contributed by atoms with E-state index in [9.17, 15) is 15.2 Å². The van der Waals surface area contributed by atoms with Gasteiger partial charge >= 0.3 is 0 Å². The van der Waals surface area contributed by atoms with Gasteiger partial charge in [0.25, 0.3) is 5.69 Å². The maximum atomic E-state index is 11.4. The van der Waals surface area contributed by atoms with Gasteiger partial charge in [0.15, 0.2) is 5.60 Å². The number of rotatable bonds is 3. The largest absolute Gasteiger partial charge is 0.369 e. The predicted octanol–water partition coefficient (Wildman–Crippen LogP) is 5.84. The van der Waals surface area contributed by atoms with Crippen molar-refractivity contribution in [2.45, 2.75) is 5.60 Å². The Morgan fingerprint density at radius 2 is 1.36 bits per heavy atom. The van der Waals surface area contributed by atoms with Crippen molar-refractivity contribution in [1.82, 2.24) is 0 Å². The number of aliphatic hydroxyl groups is 1. The lowest BCUT2D eigenvalue weighted by atomic mass is 9.86. The van der Waals surface area contributed by atoms with E-state index in [4.69, 9.17) is 34.8 Å². The van der Waals surface area contributed by atoms with Gasteiger partial charge in [-0.25, -0.2) is 0 Å². The molecule has 4 nitrogen and oxygen atoms in total. The fourth-order valence-electron chi connectivity index (χ4n) is 2.63. The first-order valence-corrected chi connectivity index (χ1v) is 9.15. The first kappa shape index (κ1) is 20.2. The van der Waals surface area contributed by atoms with Gasteiger partial charge in [-0.2, -0.15) is 0 Å². The fourth-order valence-corrected chi connectivity index (χ4v) is 3.10. The molecule has 0 radical (unpaired) electrons. The molecular formula is C21H12Cl3NO3. The highest BCUT2D eigenvalue weighted by Gasteiger charge is 2.30. The average molecular weight is 433 g/mol. The Labute approximate surface area is 176 Å². The van der Waals surface area contributed by atoms with Gasteiger partial charge in [-0.15, -0.1) is 0 Å². The molecule has 28 heavy (non-hydrogen) atoms. The fraction of sp³-hybridized carbons (Fsp3) is 0.0476. The molecule has 0 heterocycles.